The van der Waals surface area contributed by atoms with Gasteiger partial charge >= 0.3 is 23.9 Å². The van der Waals surface area contributed by atoms with Gasteiger partial charge in [-0.3, -0.25) is 38.4 Å². The fourth-order valence-electron chi connectivity index (χ4n) is 17.1. The van der Waals surface area contributed by atoms with Crippen molar-refractivity contribution in [3.63, 3.8) is 0 Å². The fourth-order valence-corrected chi connectivity index (χ4v) is 17.1. The van der Waals surface area contributed by atoms with Crippen LogP contribution < -0.4 is 133 Å². The number of carbonyl (C=O) groups is 4. The lowest BCUT2D eigenvalue weighted by Gasteiger charge is -2.29. The van der Waals surface area contributed by atoms with Crippen LogP contribution in [0.5, 0.6) is 0 Å². The first-order valence-electron chi connectivity index (χ1n) is 48.1. The maximum Gasteiger partial charge on any atom is 0.303 e. The molecule has 0 radical (unpaired) electrons. The topological polar surface area (TPSA) is 557 Å². The first-order chi connectivity index (χ1) is 66.0. The highest BCUT2D eigenvalue weighted by atomic mass is 16.4. The first kappa shape index (κ1) is 105. The number of hydrogen-bond acceptors (Lipinski definition) is 31. The zero-order valence-corrected chi connectivity index (χ0v) is 79.5. The van der Waals surface area contributed by atoms with Crippen LogP contribution in [0.2, 0.25) is 0 Å². The highest BCUT2D eigenvalue weighted by Gasteiger charge is 2.31. The third-order valence-corrected chi connectivity index (χ3v) is 24.4. The molecular weight excluding hydrogens is 1750 g/mol. The summed E-state index contributed by atoms with van der Waals surface area (Å²) < 4.78 is 0. The molecule has 6 aliphatic heterocycles. The summed E-state index contributed by atoms with van der Waals surface area (Å²) in [5, 5.41) is 82.7. The van der Waals surface area contributed by atoms with Gasteiger partial charge in [0.1, 0.15) is 21.9 Å². The molecule has 0 amide bonds. The lowest BCUT2D eigenvalue weighted by atomic mass is 10.0. The van der Waals surface area contributed by atoms with Gasteiger partial charge in [0.15, 0.2) is 44.7 Å². The predicted octanol–water partition coefficient (Wildman–Crippen LogP) is 5.81. The minimum Gasteiger partial charge on any atom is -0.481 e. The highest BCUT2D eigenvalue weighted by Crippen LogP contribution is 2.43. The van der Waals surface area contributed by atoms with E-state index in [1.54, 1.807) is 0 Å². The molecule has 0 spiro atoms. The van der Waals surface area contributed by atoms with Crippen LogP contribution in [0.15, 0.2) is 87.7 Å². The molecule has 1 unspecified atom stereocenters. The van der Waals surface area contributed by atoms with E-state index < -0.39 is 30.0 Å². The van der Waals surface area contributed by atoms with Crippen molar-refractivity contribution in [1.82, 2.24) is 66.5 Å². The number of carboxylic acid groups (broad SMARTS) is 4. The molecule has 0 bridgehead atoms. The maximum atomic E-state index is 12.7. The Balaban J connectivity index is 0.000000176. The quantitative estimate of drug-likeness (QED) is 0.0200. The van der Waals surface area contributed by atoms with Crippen molar-refractivity contribution in [3.05, 3.63) is 161 Å². The van der Waals surface area contributed by atoms with Crippen LogP contribution in [-0.2, 0) is 25.7 Å². The molecule has 4 aromatic carbocycles. The number of H-pyrrole nitrogens is 4. The molecule has 137 heavy (non-hydrogen) atoms. The molecule has 20 N–H and O–H groups in total. The number of nitrogens with two attached hydrogens (primary N) is 1. The van der Waals surface area contributed by atoms with Gasteiger partial charge in [0, 0.05) is 114 Å². The number of rotatable bonds is 50. The van der Waals surface area contributed by atoms with Gasteiger partial charge in [-0.1, -0.05) is 77.7 Å². The number of hydrogen-bond donors (Lipinski definition) is 19. The van der Waals surface area contributed by atoms with Crippen LogP contribution in [0.25, 0.3) is 26.3 Å². The van der Waals surface area contributed by atoms with Gasteiger partial charge in [0.05, 0.1) is 58.2 Å². The molecule has 3 atom stereocenters. The molecular formula is C98H137N25O14. The van der Waals surface area contributed by atoms with E-state index in [-0.39, 0.29) is 71.9 Å². The van der Waals surface area contributed by atoms with E-state index in [0.717, 1.165) is 266 Å². The molecule has 2 fully saturated rings. The summed E-state index contributed by atoms with van der Waals surface area (Å²) in [6.45, 7) is 35.8. The zero-order valence-electron chi connectivity index (χ0n) is 79.5. The van der Waals surface area contributed by atoms with Crippen LogP contribution in [-0.4, -0.2) is 217 Å². The number of aromatic amines is 4. The highest BCUT2D eigenvalue weighted by molar-refractivity contribution is 5.84. The number of aromatic nitrogens is 8. The van der Waals surface area contributed by atoms with Crippen molar-refractivity contribution in [3.8, 4) is 0 Å². The molecule has 2 saturated heterocycles. The van der Waals surface area contributed by atoms with Crippen LogP contribution >= 0.6 is 0 Å². The van der Waals surface area contributed by atoms with Gasteiger partial charge in [-0.25, -0.2) is 39.9 Å². The summed E-state index contributed by atoms with van der Waals surface area (Å²) in [6.07, 6.45) is 19.3. The monoisotopic (exact) mass is 1890 g/mol. The molecule has 4 aromatic heterocycles. The minimum atomic E-state index is -0.825. The van der Waals surface area contributed by atoms with Crippen molar-refractivity contribution in [2.45, 2.75) is 219 Å². The second-order valence-electron chi connectivity index (χ2n) is 35.5. The largest absolute Gasteiger partial charge is 0.481 e. The summed E-state index contributed by atoms with van der Waals surface area (Å²) in [5.41, 5.74) is 20.3. The zero-order chi connectivity index (χ0) is 98.0. The molecule has 39 nitrogen and oxygen atoms in total. The lowest BCUT2D eigenvalue weighted by molar-refractivity contribution is -0.138. The first-order valence-corrected chi connectivity index (χ1v) is 48.1. The number of aliphatic hydroxyl groups is 2. The SMILES string of the molecule is C=c1nc2c(c(=O)[nH]1)=Nc1cc(C)c(CNCC(O)CO)cc1N2CCCCCCC(=O)O.C=c1nc2c(c(=O)[nH]1)=Nc1cc(C)c(NCCCNCCCCNCCCN)cc1N2CCCCCCC(=O)O.C=c1nc2c(c(=O)[nH]1)=Nc1cc(C)c(N[C@@H]3CCNC3)cc1N2CCCCCCC(=O)O.C=c1nc2c(c(=O)[nH]1)=Nc1cc(C)c(N[C@H]3CCNC3)cc1N2CCCCCCC(=O)O. The number of carboxylic acids is 4. The van der Waals surface area contributed by atoms with E-state index in [4.69, 9.17) is 31.3 Å². The number of nitrogens with zero attached hydrogens (tertiary/aromatic N) is 12. The smallest absolute Gasteiger partial charge is 0.303 e. The Morgan fingerprint density at radius 3 is 1.05 bits per heavy atom. The van der Waals surface area contributed by atoms with Gasteiger partial charge in [-0.2, -0.15) is 0 Å². The number of aliphatic hydroxyl groups excluding tert-OH is 2. The molecule has 39 heteroatoms. The third-order valence-electron chi connectivity index (χ3n) is 24.4. The van der Waals surface area contributed by atoms with Crippen LogP contribution in [0.4, 0.5) is 85.8 Å². The Kier molecular flexibility index (Phi) is 40.1. The fraction of sp³-hybridized carbons (Fsp3) is 0.510. The molecule has 738 valence electrons. The number of fused-ring (bicyclic) bond motifs is 8. The summed E-state index contributed by atoms with van der Waals surface area (Å²) in [7, 11) is 0. The normalized spacial score (nSPS) is 14.6. The average Bonchev–Trinajstić information content (AvgIpc) is 0.991. The average molecular weight is 1890 g/mol. The van der Waals surface area contributed by atoms with Gasteiger partial charge in [-0.15, -0.1) is 0 Å². The van der Waals surface area contributed by atoms with E-state index in [9.17, 15) is 43.5 Å². The van der Waals surface area contributed by atoms with Gasteiger partial charge in [0.25, 0.3) is 22.2 Å². The molecule has 6 aliphatic rings. The predicted molar refractivity (Wildman–Crippen MR) is 535 cm³/mol. The van der Waals surface area contributed by atoms with Crippen molar-refractivity contribution >= 4 is 136 Å². The van der Waals surface area contributed by atoms with Crippen molar-refractivity contribution in [2.24, 2.45) is 25.7 Å². The number of nitrogens with one attached hydrogen (secondary N) is 12. The van der Waals surface area contributed by atoms with Crippen LogP contribution in [0.1, 0.15) is 195 Å². The Bertz CT molecular complexity index is 6080. The lowest BCUT2D eigenvalue weighted by Crippen LogP contribution is -2.42. The molecule has 0 saturated carbocycles. The van der Waals surface area contributed by atoms with E-state index in [1.807, 2.05) is 62.9 Å². The summed E-state index contributed by atoms with van der Waals surface area (Å²) in [6, 6.07) is 17.0. The van der Waals surface area contributed by atoms with Gasteiger partial charge in [-0.05, 0) is 240 Å². The number of unbranched alkanes of at least 4 members (excludes halogenated alkanes) is 13. The van der Waals surface area contributed by atoms with Crippen LogP contribution in [0.3, 0.4) is 0 Å². The van der Waals surface area contributed by atoms with Crippen molar-refractivity contribution in [1.29, 1.82) is 0 Å². The van der Waals surface area contributed by atoms with E-state index in [2.05, 4.69) is 162 Å². The number of benzene rings is 4. The second-order valence-corrected chi connectivity index (χ2v) is 35.5. The van der Waals surface area contributed by atoms with Crippen LogP contribution in [0, 0.1) is 27.7 Å². The number of aliphatic carboxylic acids is 4. The Morgan fingerprint density at radius 1 is 0.409 bits per heavy atom. The summed E-state index contributed by atoms with van der Waals surface area (Å²) in [5.74, 6) is -1.05. The Morgan fingerprint density at radius 2 is 0.723 bits per heavy atom. The van der Waals surface area contributed by atoms with E-state index >= 15 is 0 Å². The Labute approximate surface area is 794 Å². The standard InChI is InChI=1S/C29H46N8O3.2C23H30N6O3.C23H31N5O5/c1-21-19-24-25(20-23(21)33-17-10-16-32-14-7-6-13-31-15-9-12-30)37(18-8-4-3-5-11-26(38)39)28-27(36-24)29(40)35-22(2)34-28;2*1-14-11-18-19(12-17(14)27-16-8-9-24-13-16)29(10-6-4-3-5-7-20(30)31)22-21(28-18)23(32)26-15(2)25-22;1-14-9-18-19(10-16(14)11-24-12-17(30)13-29)28(8-6-4-3-5-7-20(31)32)22-21(27-18)23(33)26-15(2)25-22/h19-20,31-33H,2-18,30H2,1H3,(H,35,40)(H,38,39);2*11-12,16,24,27H,2-10,13H2,1H3,(H,26,32)(H,30,31);9-10,17,24,29-30H,2-8,11-13H2,1H3,(H,26,33)(H,31,32)/t;2*16-;/m.10./s1. The van der Waals surface area contributed by atoms with E-state index in [0.29, 0.717) is 132 Å². The van der Waals surface area contributed by atoms with Crippen molar-refractivity contribution < 1.29 is 49.8 Å². The molecule has 10 heterocycles. The molecule has 8 aromatic rings. The van der Waals surface area contributed by atoms with Gasteiger partial charge in [0.2, 0.25) is 0 Å². The summed E-state index contributed by atoms with van der Waals surface area (Å²) in [4.78, 5) is 148. The Hall–Kier alpha value is -12.8. The van der Waals surface area contributed by atoms with Crippen molar-refractivity contribution in [2.75, 3.05) is 140 Å². The summed E-state index contributed by atoms with van der Waals surface area (Å²) >= 11 is 0. The molecule has 0 aliphatic carbocycles. The molecule has 14 rings (SSSR count). The third kappa shape index (κ3) is 30.6. The number of anilines is 11. The van der Waals surface area contributed by atoms with E-state index in [1.165, 1.54) is 0 Å². The van der Waals surface area contributed by atoms with Gasteiger partial charge < -0.3 is 118 Å². The number of aryl methyl sites for hydroxylation is 4. The second kappa shape index (κ2) is 52.5. The maximum absolute atomic E-state index is 12.7. The minimum absolute atomic E-state index is 0.163.